The van der Waals surface area contributed by atoms with Gasteiger partial charge in [-0.1, -0.05) is 33.6 Å². The van der Waals surface area contributed by atoms with Crippen molar-refractivity contribution in [3.63, 3.8) is 0 Å². The highest BCUT2D eigenvalue weighted by atomic mass is 16.5. The molecule has 0 spiro atoms. The Morgan fingerprint density at radius 1 is 1.00 bits per heavy atom. The van der Waals surface area contributed by atoms with Crippen LogP contribution in [0.2, 0.25) is 0 Å². The van der Waals surface area contributed by atoms with E-state index >= 15 is 0 Å². The number of unbranched alkanes of at least 4 members (excludes halogenated alkanes) is 1. The molecule has 0 heterocycles. The molecule has 1 atom stereocenters. The minimum Gasteiger partial charge on any atom is -0.381 e. The number of nitrogens with one attached hydrogen (secondary N) is 1. The van der Waals surface area contributed by atoms with Crippen molar-refractivity contribution < 1.29 is 4.74 Å². The molecular formula is C12H27NO. The first kappa shape index (κ1) is 13.9. The molecule has 0 aliphatic carbocycles. The van der Waals surface area contributed by atoms with Crippen LogP contribution in [0.3, 0.4) is 0 Å². The number of hydrogen-bond acceptors (Lipinski definition) is 2. The molecule has 86 valence electrons. The summed E-state index contributed by atoms with van der Waals surface area (Å²) in [6.07, 6.45) is 6.19. The van der Waals surface area contributed by atoms with Crippen molar-refractivity contribution in [3.8, 4) is 0 Å². The number of hydrogen-bond donors (Lipinski definition) is 1. The highest BCUT2D eigenvalue weighted by molar-refractivity contribution is 4.65. The Morgan fingerprint density at radius 3 is 2.36 bits per heavy atom. The number of rotatable bonds is 10. The second kappa shape index (κ2) is 11.0. The van der Waals surface area contributed by atoms with Gasteiger partial charge in [0, 0.05) is 19.3 Å². The third-order valence-corrected chi connectivity index (χ3v) is 2.36. The van der Waals surface area contributed by atoms with Gasteiger partial charge in [0.2, 0.25) is 0 Å². The Bertz CT molecular complexity index is 106. The van der Waals surface area contributed by atoms with Crippen LogP contribution in [0.25, 0.3) is 0 Å². The average Bonchev–Trinajstić information content (AvgIpc) is 2.20. The van der Waals surface area contributed by atoms with Crippen molar-refractivity contribution in [2.75, 3.05) is 19.8 Å². The van der Waals surface area contributed by atoms with E-state index in [0.29, 0.717) is 6.04 Å². The second-order valence-corrected chi connectivity index (χ2v) is 3.80. The molecule has 0 saturated carbocycles. The predicted molar refractivity (Wildman–Crippen MR) is 62.7 cm³/mol. The number of ether oxygens (including phenoxy) is 1. The molecule has 2 nitrogen and oxygen atoms in total. The smallest absolute Gasteiger partial charge is 0.0480 e. The Labute approximate surface area is 89.4 Å². The lowest BCUT2D eigenvalue weighted by Gasteiger charge is -2.17. The van der Waals surface area contributed by atoms with Crippen LogP contribution in [0.15, 0.2) is 0 Å². The maximum absolute atomic E-state index is 5.50. The monoisotopic (exact) mass is 201 g/mol. The van der Waals surface area contributed by atoms with E-state index < -0.39 is 0 Å². The zero-order valence-corrected chi connectivity index (χ0v) is 10.1. The van der Waals surface area contributed by atoms with Gasteiger partial charge in [-0.3, -0.25) is 0 Å². The molecule has 0 aliphatic heterocycles. The summed E-state index contributed by atoms with van der Waals surface area (Å²) in [5.41, 5.74) is 0. The fourth-order valence-electron chi connectivity index (χ4n) is 1.56. The molecule has 0 aromatic heterocycles. The third-order valence-electron chi connectivity index (χ3n) is 2.36. The molecule has 0 radical (unpaired) electrons. The minimum absolute atomic E-state index is 0.664. The van der Waals surface area contributed by atoms with Crippen molar-refractivity contribution in [3.05, 3.63) is 0 Å². The van der Waals surface area contributed by atoms with E-state index in [1.807, 2.05) is 0 Å². The summed E-state index contributed by atoms with van der Waals surface area (Å²) >= 11 is 0. The summed E-state index contributed by atoms with van der Waals surface area (Å²) < 4.78 is 5.50. The Morgan fingerprint density at radius 2 is 1.79 bits per heavy atom. The lowest BCUT2D eigenvalue weighted by Crippen LogP contribution is -2.30. The van der Waals surface area contributed by atoms with E-state index in [-0.39, 0.29) is 0 Å². The summed E-state index contributed by atoms with van der Waals surface area (Å²) in [6, 6.07) is 0.664. The molecule has 0 amide bonds. The van der Waals surface area contributed by atoms with Crippen LogP contribution < -0.4 is 5.32 Å². The summed E-state index contributed by atoms with van der Waals surface area (Å²) in [5.74, 6) is 0. The van der Waals surface area contributed by atoms with E-state index in [4.69, 9.17) is 4.74 Å². The topological polar surface area (TPSA) is 21.3 Å². The Hall–Kier alpha value is -0.0800. The molecule has 0 bridgehead atoms. The van der Waals surface area contributed by atoms with Crippen LogP contribution >= 0.6 is 0 Å². The van der Waals surface area contributed by atoms with Gasteiger partial charge in [0.15, 0.2) is 0 Å². The van der Waals surface area contributed by atoms with E-state index in [9.17, 15) is 0 Å². The van der Waals surface area contributed by atoms with Gasteiger partial charge < -0.3 is 10.1 Å². The maximum Gasteiger partial charge on any atom is 0.0480 e. The normalized spacial score (nSPS) is 13.1. The average molecular weight is 201 g/mol. The van der Waals surface area contributed by atoms with Crippen LogP contribution in [0.4, 0.5) is 0 Å². The predicted octanol–water partition coefficient (Wildman–Crippen LogP) is 2.97. The highest BCUT2D eigenvalue weighted by Gasteiger charge is 2.05. The third kappa shape index (κ3) is 8.52. The Balaban J connectivity index is 3.40. The Kier molecular flexibility index (Phi) is 10.9. The fraction of sp³-hybridized carbons (Fsp3) is 1.00. The molecule has 0 aromatic carbocycles. The standard InChI is InChI=1S/C12H27NO/c1-4-7-8-12(13-6-3)9-11-14-10-5-2/h12-13H,4-11H2,1-3H3. The lowest BCUT2D eigenvalue weighted by molar-refractivity contribution is 0.123. The van der Waals surface area contributed by atoms with Gasteiger partial charge in [-0.15, -0.1) is 0 Å². The SMILES string of the molecule is CCCCC(CCOCCC)NCC. The molecule has 0 saturated heterocycles. The molecule has 1 unspecified atom stereocenters. The van der Waals surface area contributed by atoms with Crippen LogP contribution in [0.5, 0.6) is 0 Å². The lowest BCUT2D eigenvalue weighted by atomic mass is 10.1. The van der Waals surface area contributed by atoms with Crippen LogP contribution in [0.1, 0.15) is 52.9 Å². The molecule has 2 heteroatoms. The molecule has 0 aromatic rings. The van der Waals surface area contributed by atoms with Crippen molar-refractivity contribution in [1.29, 1.82) is 0 Å². The van der Waals surface area contributed by atoms with Crippen LogP contribution in [-0.2, 0) is 4.74 Å². The zero-order valence-electron chi connectivity index (χ0n) is 10.1. The van der Waals surface area contributed by atoms with Crippen molar-refractivity contribution in [2.24, 2.45) is 0 Å². The van der Waals surface area contributed by atoms with E-state index in [1.165, 1.54) is 19.3 Å². The minimum atomic E-state index is 0.664. The first-order chi connectivity index (χ1) is 6.85. The van der Waals surface area contributed by atoms with E-state index in [1.54, 1.807) is 0 Å². The first-order valence-electron chi connectivity index (χ1n) is 6.16. The summed E-state index contributed by atoms with van der Waals surface area (Å²) in [4.78, 5) is 0. The van der Waals surface area contributed by atoms with Gasteiger partial charge in [-0.05, 0) is 25.8 Å². The van der Waals surface area contributed by atoms with Gasteiger partial charge in [-0.25, -0.2) is 0 Å². The molecule has 0 rings (SSSR count). The molecule has 0 fully saturated rings. The van der Waals surface area contributed by atoms with Gasteiger partial charge >= 0.3 is 0 Å². The van der Waals surface area contributed by atoms with Crippen LogP contribution in [-0.4, -0.2) is 25.8 Å². The van der Waals surface area contributed by atoms with Crippen molar-refractivity contribution >= 4 is 0 Å². The second-order valence-electron chi connectivity index (χ2n) is 3.80. The van der Waals surface area contributed by atoms with E-state index in [0.717, 1.165) is 32.6 Å². The first-order valence-corrected chi connectivity index (χ1v) is 6.16. The highest BCUT2D eigenvalue weighted by Crippen LogP contribution is 2.04. The zero-order chi connectivity index (χ0) is 10.6. The largest absolute Gasteiger partial charge is 0.381 e. The van der Waals surface area contributed by atoms with Gasteiger partial charge in [0.1, 0.15) is 0 Å². The molecular weight excluding hydrogens is 174 g/mol. The molecule has 0 aliphatic rings. The maximum atomic E-state index is 5.50. The summed E-state index contributed by atoms with van der Waals surface area (Å²) in [6.45, 7) is 9.46. The van der Waals surface area contributed by atoms with Gasteiger partial charge in [0.25, 0.3) is 0 Å². The summed E-state index contributed by atoms with van der Waals surface area (Å²) in [5, 5.41) is 3.51. The van der Waals surface area contributed by atoms with Crippen LogP contribution in [0, 0.1) is 0 Å². The quantitative estimate of drug-likeness (QED) is 0.549. The van der Waals surface area contributed by atoms with Gasteiger partial charge in [0.05, 0.1) is 0 Å². The van der Waals surface area contributed by atoms with Crippen molar-refractivity contribution in [1.82, 2.24) is 5.32 Å². The van der Waals surface area contributed by atoms with Crippen molar-refractivity contribution in [2.45, 2.75) is 58.9 Å². The van der Waals surface area contributed by atoms with Gasteiger partial charge in [-0.2, -0.15) is 0 Å². The molecule has 14 heavy (non-hydrogen) atoms. The van der Waals surface area contributed by atoms with E-state index in [2.05, 4.69) is 26.1 Å². The molecule has 1 N–H and O–H groups in total. The fourth-order valence-corrected chi connectivity index (χ4v) is 1.56. The summed E-state index contributed by atoms with van der Waals surface area (Å²) in [7, 11) is 0.